The van der Waals surface area contributed by atoms with Gasteiger partial charge in [0.05, 0.1) is 6.54 Å². The summed E-state index contributed by atoms with van der Waals surface area (Å²) in [5.74, 6) is 0.552. The molecule has 0 atom stereocenters. The Morgan fingerprint density at radius 2 is 2.44 bits per heavy atom. The van der Waals surface area contributed by atoms with Gasteiger partial charge < -0.3 is 10.1 Å². The predicted molar refractivity (Wildman–Crippen MR) is 59.5 cm³/mol. The minimum absolute atomic E-state index is 0. The Balaban J connectivity index is 0.00000225. The van der Waals surface area contributed by atoms with Crippen LogP contribution in [-0.2, 0) is 6.54 Å². The van der Waals surface area contributed by atoms with Crippen molar-refractivity contribution in [1.29, 1.82) is 0 Å². The monoisotopic (exact) mass is 246 g/mol. The third kappa shape index (κ3) is 3.41. The average molecular weight is 247 g/mol. The second-order valence-corrected chi connectivity index (χ2v) is 2.88. The second kappa shape index (κ2) is 6.65. The molecule has 8 nitrogen and oxygen atoms in total. The summed E-state index contributed by atoms with van der Waals surface area (Å²) in [7, 11) is 0. The Hall–Kier alpha value is -1.79. The third-order valence-electron chi connectivity index (χ3n) is 1.92. The Kier molecular flexibility index (Phi) is 5.91. The highest BCUT2D eigenvalue weighted by Crippen LogP contribution is 2.13. The minimum atomic E-state index is -0.479. The summed E-state index contributed by atoms with van der Waals surface area (Å²) in [6, 6.07) is 0. The number of hydrogen-bond donors (Lipinski definition) is 0. The highest BCUT2D eigenvalue weighted by molar-refractivity contribution is 5.85. The van der Waals surface area contributed by atoms with E-state index in [0.29, 0.717) is 25.3 Å². The summed E-state index contributed by atoms with van der Waals surface area (Å²) >= 11 is 0. The van der Waals surface area contributed by atoms with E-state index in [0.717, 1.165) is 0 Å². The van der Waals surface area contributed by atoms with E-state index >= 15 is 0 Å². The number of aryl methyl sites for hydroxylation is 1. The van der Waals surface area contributed by atoms with E-state index in [2.05, 4.69) is 15.0 Å². The summed E-state index contributed by atoms with van der Waals surface area (Å²) in [6.07, 6.45) is 1.78. The zero-order valence-corrected chi connectivity index (χ0v) is 9.42. The largest absolute Gasteiger partial charge is 0.358 e. The number of nitrogens with zero attached hydrogens (tertiary/aromatic N) is 6. The van der Waals surface area contributed by atoms with Crippen LogP contribution >= 0.6 is 12.4 Å². The summed E-state index contributed by atoms with van der Waals surface area (Å²) < 4.78 is 1.49. The van der Waals surface area contributed by atoms with Gasteiger partial charge in [-0.3, -0.25) is 0 Å². The van der Waals surface area contributed by atoms with Gasteiger partial charge >= 0.3 is 5.82 Å². The van der Waals surface area contributed by atoms with E-state index in [1.165, 1.54) is 10.8 Å². The lowest BCUT2D eigenvalue weighted by atomic mass is 10.4. The third-order valence-corrected chi connectivity index (χ3v) is 1.92. The quantitative estimate of drug-likeness (QED) is 0.198. The molecular weight excluding hydrogens is 236 g/mol. The molecule has 0 aliphatic rings. The summed E-state index contributed by atoms with van der Waals surface area (Å²) in [5, 5.41) is 13.9. The normalized spacial score (nSPS) is 9.06. The van der Waals surface area contributed by atoms with E-state index in [4.69, 9.17) is 5.53 Å². The molecule has 0 aromatic carbocycles. The van der Waals surface area contributed by atoms with Crippen molar-refractivity contribution >= 4 is 18.2 Å². The van der Waals surface area contributed by atoms with Crippen LogP contribution in [0.25, 0.3) is 10.4 Å². The van der Waals surface area contributed by atoms with Crippen LogP contribution in [0.2, 0.25) is 0 Å². The van der Waals surface area contributed by atoms with Crippen molar-refractivity contribution in [2.45, 2.75) is 19.9 Å². The fourth-order valence-electron chi connectivity index (χ4n) is 1.22. The van der Waals surface area contributed by atoms with E-state index in [9.17, 15) is 10.1 Å². The van der Waals surface area contributed by atoms with Gasteiger partial charge in [0.1, 0.15) is 6.20 Å². The molecule has 88 valence electrons. The first kappa shape index (κ1) is 14.2. The summed E-state index contributed by atoms with van der Waals surface area (Å²) in [5.41, 5.74) is 8.05. The Bertz CT molecular complexity index is 411. The molecular formula is C7H11ClN6O2. The number of imidazole rings is 1. The molecule has 0 amide bonds. The standard InChI is InChI=1S/C7H10N6O2.ClH/c1-6-9-5-7(13(14)15)12(6)4-2-3-10-11-8;/h5H,2-4H2,1H3;1H. The smallest absolute Gasteiger partial charge is 0.342 e. The first-order valence-corrected chi connectivity index (χ1v) is 4.34. The molecule has 0 bridgehead atoms. The van der Waals surface area contributed by atoms with Crippen molar-refractivity contribution in [2.24, 2.45) is 5.11 Å². The van der Waals surface area contributed by atoms with Crippen LogP contribution in [0.15, 0.2) is 11.3 Å². The van der Waals surface area contributed by atoms with Gasteiger partial charge in [-0.2, -0.15) is 0 Å². The number of rotatable bonds is 5. The average Bonchev–Trinajstić information content (AvgIpc) is 2.55. The molecule has 0 saturated heterocycles. The number of azide groups is 1. The van der Waals surface area contributed by atoms with Crippen LogP contribution in [0.1, 0.15) is 12.2 Å². The fourth-order valence-corrected chi connectivity index (χ4v) is 1.22. The van der Waals surface area contributed by atoms with E-state index in [1.54, 1.807) is 6.92 Å². The molecule has 0 N–H and O–H groups in total. The first-order valence-electron chi connectivity index (χ1n) is 4.34. The van der Waals surface area contributed by atoms with Gasteiger partial charge in [-0.05, 0) is 16.9 Å². The lowest BCUT2D eigenvalue weighted by Crippen LogP contribution is -2.05. The molecule has 1 rings (SSSR count). The highest BCUT2D eigenvalue weighted by Gasteiger charge is 2.16. The molecule has 0 saturated carbocycles. The van der Waals surface area contributed by atoms with Crippen LogP contribution in [0.5, 0.6) is 0 Å². The van der Waals surface area contributed by atoms with Crippen molar-refractivity contribution in [3.63, 3.8) is 0 Å². The molecule has 1 aromatic rings. The fraction of sp³-hybridized carbons (Fsp3) is 0.571. The Morgan fingerprint density at radius 1 is 1.75 bits per heavy atom. The number of nitro groups is 1. The Morgan fingerprint density at radius 3 is 3.00 bits per heavy atom. The van der Waals surface area contributed by atoms with Gasteiger partial charge in [-0.25, -0.2) is 9.55 Å². The minimum Gasteiger partial charge on any atom is -0.358 e. The van der Waals surface area contributed by atoms with Crippen LogP contribution in [0.3, 0.4) is 0 Å². The molecule has 1 aromatic heterocycles. The van der Waals surface area contributed by atoms with Crippen molar-refractivity contribution < 1.29 is 4.92 Å². The van der Waals surface area contributed by atoms with E-state index in [1.807, 2.05) is 0 Å². The molecule has 0 aliphatic heterocycles. The van der Waals surface area contributed by atoms with Crippen molar-refractivity contribution in [3.8, 4) is 0 Å². The zero-order chi connectivity index (χ0) is 11.3. The maximum Gasteiger partial charge on any atom is 0.342 e. The number of hydrogen-bond acceptors (Lipinski definition) is 4. The van der Waals surface area contributed by atoms with Crippen LogP contribution in [-0.4, -0.2) is 21.0 Å². The topological polar surface area (TPSA) is 110 Å². The first-order chi connectivity index (χ1) is 7.16. The molecule has 0 spiro atoms. The maximum atomic E-state index is 10.6. The van der Waals surface area contributed by atoms with Crippen LogP contribution < -0.4 is 0 Å². The molecule has 1 heterocycles. The highest BCUT2D eigenvalue weighted by atomic mass is 35.5. The van der Waals surface area contributed by atoms with Crippen LogP contribution in [0, 0.1) is 17.0 Å². The number of halogens is 1. The van der Waals surface area contributed by atoms with Crippen LogP contribution in [0.4, 0.5) is 5.82 Å². The maximum absolute atomic E-state index is 10.6. The predicted octanol–water partition coefficient (Wildman–Crippen LogP) is 2.22. The van der Waals surface area contributed by atoms with Gasteiger partial charge in [0.2, 0.25) is 0 Å². The number of aromatic nitrogens is 2. The van der Waals surface area contributed by atoms with E-state index < -0.39 is 4.92 Å². The lowest BCUT2D eigenvalue weighted by Gasteiger charge is -2.00. The molecule has 9 heteroatoms. The van der Waals surface area contributed by atoms with E-state index in [-0.39, 0.29) is 18.2 Å². The Labute approximate surface area is 97.5 Å². The molecule has 0 fully saturated rings. The van der Waals surface area contributed by atoms with Crippen molar-refractivity contribution in [3.05, 3.63) is 32.6 Å². The van der Waals surface area contributed by atoms with Gasteiger partial charge in [0.15, 0.2) is 5.82 Å². The van der Waals surface area contributed by atoms with Gasteiger partial charge in [-0.1, -0.05) is 5.11 Å². The second-order valence-electron chi connectivity index (χ2n) is 2.88. The molecule has 0 radical (unpaired) electrons. The summed E-state index contributed by atoms with van der Waals surface area (Å²) in [6.45, 7) is 2.45. The van der Waals surface area contributed by atoms with Gasteiger partial charge in [0, 0.05) is 18.4 Å². The molecule has 0 aliphatic carbocycles. The molecule has 0 unspecified atom stereocenters. The van der Waals surface area contributed by atoms with Crippen molar-refractivity contribution in [1.82, 2.24) is 9.55 Å². The van der Waals surface area contributed by atoms with Gasteiger partial charge in [0.25, 0.3) is 0 Å². The van der Waals surface area contributed by atoms with Crippen molar-refractivity contribution in [2.75, 3.05) is 6.54 Å². The molecule has 16 heavy (non-hydrogen) atoms. The zero-order valence-electron chi connectivity index (χ0n) is 8.61. The summed E-state index contributed by atoms with van der Waals surface area (Å²) in [4.78, 5) is 16.6. The van der Waals surface area contributed by atoms with Gasteiger partial charge in [-0.15, -0.1) is 12.4 Å². The SMILES string of the molecule is Cc1ncc([N+](=O)[O-])n1CCCN=[N+]=[N-].Cl. The lowest BCUT2D eigenvalue weighted by molar-refractivity contribution is -0.392.